The molecule has 1 fully saturated rings. The number of piperidine rings is 1. The van der Waals surface area contributed by atoms with Gasteiger partial charge in [0.25, 0.3) is 0 Å². The van der Waals surface area contributed by atoms with Crippen LogP contribution >= 0.6 is 11.3 Å². The summed E-state index contributed by atoms with van der Waals surface area (Å²) in [7, 11) is 2.12. The zero-order valence-corrected chi connectivity index (χ0v) is 17.1. The minimum atomic E-state index is 0.0315. The molecule has 3 atom stereocenters. The molecule has 2 aliphatic rings. The molecule has 0 radical (unpaired) electrons. The molecule has 1 N–H and O–H groups in total. The van der Waals surface area contributed by atoms with Gasteiger partial charge in [0.2, 0.25) is 5.91 Å². The molecule has 1 saturated heterocycles. The molecule has 0 spiro atoms. The first kappa shape index (κ1) is 19.8. The number of thiophene rings is 1. The van der Waals surface area contributed by atoms with Crippen molar-refractivity contribution in [2.75, 3.05) is 26.7 Å². The average Bonchev–Trinajstić information content (AvgIpc) is 3.01. The molecular weight excluding hydrogens is 360 g/mol. The van der Waals surface area contributed by atoms with Crippen molar-refractivity contribution in [3.63, 3.8) is 0 Å². The summed E-state index contributed by atoms with van der Waals surface area (Å²) in [6.07, 6.45) is 5.07. The smallest absolute Gasteiger partial charge is 0.224 e. The molecule has 1 aromatic rings. The van der Waals surface area contributed by atoms with Crippen molar-refractivity contribution in [1.29, 1.82) is 5.26 Å². The predicted octanol–water partition coefficient (Wildman–Crippen LogP) is 2.88. The zero-order valence-electron chi connectivity index (χ0n) is 16.3. The van der Waals surface area contributed by atoms with Gasteiger partial charge in [0.1, 0.15) is 11.1 Å². The Bertz CT molecular complexity index is 752. The van der Waals surface area contributed by atoms with E-state index in [2.05, 4.69) is 35.2 Å². The van der Waals surface area contributed by atoms with Crippen molar-refractivity contribution in [2.45, 2.75) is 45.6 Å². The lowest BCUT2D eigenvalue weighted by Gasteiger charge is -2.44. The second kappa shape index (κ2) is 8.85. The Labute approximate surface area is 165 Å². The standard InChI is InChI=1S/C20H28N4O2S/c1-4-6-22-19(25)14-7-13-8-15-16(10-21)20(23-12-26-5-2)27-18(15)9-17(13)24(3)11-14/h12-14,17H,4-9,11H2,1-3H3,(H,22,25). The van der Waals surface area contributed by atoms with Crippen LogP contribution in [-0.4, -0.2) is 50.0 Å². The Morgan fingerprint density at radius 2 is 2.30 bits per heavy atom. The number of likely N-dealkylation sites (tertiary alicyclic amines) is 1. The molecule has 146 valence electrons. The van der Waals surface area contributed by atoms with Crippen molar-refractivity contribution in [1.82, 2.24) is 10.2 Å². The number of likely N-dealkylation sites (N-methyl/N-ethyl adjacent to an activating group) is 1. The summed E-state index contributed by atoms with van der Waals surface area (Å²) in [6, 6.07) is 2.78. The van der Waals surface area contributed by atoms with Gasteiger partial charge < -0.3 is 15.0 Å². The van der Waals surface area contributed by atoms with Crippen LogP contribution in [-0.2, 0) is 22.4 Å². The quantitative estimate of drug-likeness (QED) is 0.600. The predicted molar refractivity (Wildman–Crippen MR) is 108 cm³/mol. The first-order valence-corrected chi connectivity index (χ1v) is 10.6. The van der Waals surface area contributed by atoms with Crippen LogP contribution in [0.4, 0.5) is 5.00 Å². The summed E-state index contributed by atoms with van der Waals surface area (Å²) >= 11 is 1.61. The van der Waals surface area contributed by atoms with Gasteiger partial charge in [-0.1, -0.05) is 6.92 Å². The van der Waals surface area contributed by atoms with Crippen molar-refractivity contribution in [3.8, 4) is 6.07 Å². The van der Waals surface area contributed by atoms with Crippen LogP contribution in [0.15, 0.2) is 4.99 Å². The summed E-state index contributed by atoms with van der Waals surface area (Å²) in [5.74, 6) is 0.601. The number of hydrogen-bond donors (Lipinski definition) is 1. The zero-order chi connectivity index (χ0) is 19.4. The molecule has 3 unspecified atom stereocenters. The molecule has 0 bridgehead atoms. The lowest BCUT2D eigenvalue weighted by molar-refractivity contribution is -0.128. The molecule has 0 aromatic carbocycles. The van der Waals surface area contributed by atoms with E-state index in [1.807, 2.05) is 6.92 Å². The van der Waals surface area contributed by atoms with Crippen molar-refractivity contribution in [2.24, 2.45) is 16.8 Å². The normalized spacial score (nSPS) is 24.9. The number of amides is 1. The number of nitrogens with zero attached hydrogens (tertiary/aromatic N) is 3. The van der Waals surface area contributed by atoms with Crippen molar-refractivity contribution in [3.05, 3.63) is 16.0 Å². The minimum Gasteiger partial charge on any atom is -0.483 e. The van der Waals surface area contributed by atoms with E-state index in [1.165, 1.54) is 11.3 Å². The van der Waals surface area contributed by atoms with Crippen molar-refractivity contribution < 1.29 is 9.53 Å². The van der Waals surface area contributed by atoms with Crippen LogP contribution in [0.2, 0.25) is 0 Å². The third-order valence-electron chi connectivity index (χ3n) is 5.58. The molecule has 6 nitrogen and oxygen atoms in total. The Morgan fingerprint density at radius 1 is 1.48 bits per heavy atom. The van der Waals surface area contributed by atoms with Gasteiger partial charge in [0.15, 0.2) is 6.40 Å². The monoisotopic (exact) mass is 388 g/mol. The van der Waals surface area contributed by atoms with Gasteiger partial charge in [0, 0.05) is 24.0 Å². The Morgan fingerprint density at radius 3 is 3.00 bits per heavy atom. The highest BCUT2D eigenvalue weighted by molar-refractivity contribution is 7.16. The fraction of sp³-hybridized carbons (Fsp3) is 0.650. The number of carbonyl (C=O) groups excluding carboxylic acids is 1. The molecule has 1 aromatic heterocycles. The Balaban J connectivity index is 1.80. The summed E-state index contributed by atoms with van der Waals surface area (Å²) in [4.78, 5) is 20.4. The molecule has 1 aliphatic heterocycles. The molecule has 0 saturated carbocycles. The highest BCUT2D eigenvalue weighted by atomic mass is 32.1. The number of ether oxygens (including phenoxy) is 1. The minimum absolute atomic E-state index is 0.0315. The third kappa shape index (κ3) is 4.17. The second-order valence-corrected chi connectivity index (χ2v) is 8.47. The van der Waals surface area contributed by atoms with Gasteiger partial charge in [-0.25, -0.2) is 4.99 Å². The first-order chi connectivity index (χ1) is 13.1. The summed E-state index contributed by atoms with van der Waals surface area (Å²) in [6.45, 7) is 6.08. The maximum absolute atomic E-state index is 12.5. The molecule has 3 rings (SSSR count). The number of carbonyl (C=O) groups is 1. The largest absolute Gasteiger partial charge is 0.483 e. The maximum atomic E-state index is 12.5. The van der Waals surface area contributed by atoms with Crippen LogP contribution in [0.25, 0.3) is 0 Å². The third-order valence-corrected chi connectivity index (χ3v) is 6.74. The molecular formula is C20H28N4O2S. The van der Waals surface area contributed by atoms with Crippen LogP contribution in [0.3, 0.4) is 0 Å². The molecule has 1 aliphatic carbocycles. The fourth-order valence-corrected chi connectivity index (χ4v) is 5.42. The lowest BCUT2D eigenvalue weighted by atomic mass is 9.74. The van der Waals surface area contributed by atoms with Gasteiger partial charge in [0.05, 0.1) is 18.1 Å². The van der Waals surface area contributed by atoms with E-state index in [-0.39, 0.29) is 11.8 Å². The number of hydrogen-bond acceptors (Lipinski definition) is 6. The Kier molecular flexibility index (Phi) is 6.51. The molecule has 2 heterocycles. The van der Waals surface area contributed by atoms with E-state index < -0.39 is 0 Å². The molecule has 7 heteroatoms. The maximum Gasteiger partial charge on any atom is 0.224 e. The van der Waals surface area contributed by atoms with Crippen LogP contribution in [0.1, 0.15) is 42.7 Å². The first-order valence-electron chi connectivity index (χ1n) is 9.75. The van der Waals surface area contributed by atoms with Crippen LogP contribution in [0, 0.1) is 23.2 Å². The number of rotatable bonds is 6. The number of fused-ring (bicyclic) bond motifs is 2. The van der Waals surface area contributed by atoms with E-state index in [0.29, 0.717) is 24.1 Å². The van der Waals surface area contributed by atoms with Gasteiger partial charge in [-0.05, 0) is 51.1 Å². The molecule has 27 heavy (non-hydrogen) atoms. The summed E-state index contributed by atoms with van der Waals surface area (Å²) < 4.78 is 5.21. The van der Waals surface area contributed by atoms with Crippen LogP contribution < -0.4 is 5.32 Å². The van der Waals surface area contributed by atoms with Crippen molar-refractivity contribution >= 4 is 28.6 Å². The highest BCUT2D eigenvalue weighted by Crippen LogP contribution is 2.44. The van der Waals surface area contributed by atoms with Gasteiger partial charge in [-0.15, -0.1) is 11.3 Å². The van der Waals surface area contributed by atoms with Crippen LogP contribution in [0.5, 0.6) is 0 Å². The van der Waals surface area contributed by atoms with E-state index >= 15 is 0 Å². The fourth-order valence-electron chi connectivity index (χ4n) is 4.26. The Hall–Kier alpha value is -1.91. The average molecular weight is 389 g/mol. The van der Waals surface area contributed by atoms with E-state index in [9.17, 15) is 10.1 Å². The van der Waals surface area contributed by atoms with E-state index in [4.69, 9.17) is 4.74 Å². The second-order valence-electron chi connectivity index (χ2n) is 7.38. The van der Waals surface area contributed by atoms with E-state index in [0.717, 1.165) is 49.3 Å². The topological polar surface area (TPSA) is 77.7 Å². The summed E-state index contributed by atoms with van der Waals surface area (Å²) in [5.41, 5.74) is 1.82. The summed E-state index contributed by atoms with van der Waals surface area (Å²) in [5, 5.41) is 13.5. The lowest BCUT2D eigenvalue weighted by Crippen LogP contribution is -2.53. The highest BCUT2D eigenvalue weighted by Gasteiger charge is 2.41. The van der Waals surface area contributed by atoms with E-state index in [1.54, 1.807) is 11.3 Å². The van der Waals surface area contributed by atoms with Gasteiger partial charge in [-0.3, -0.25) is 4.79 Å². The molecule has 1 amide bonds. The van der Waals surface area contributed by atoms with Gasteiger partial charge in [-0.2, -0.15) is 5.26 Å². The SMILES string of the molecule is CCCNC(=O)C1CC2Cc3c(sc(N=COCC)c3C#N)CC2N(C)C1. The van der Waals surface area contributed by atoms with Gasteiger partial charge >= 0.3 is 0 Å². The number of aliphatic imine (C=N–C) groups is 1. The number of nitrogens with one attached hydrogen (secondary N) is 1. The number of nitriles is 1.